The highest BCUT2D eigenvalue weighted by Gasteiger charge is 2.57. The number of halogens is 1. The molecular formula is C22H30BrNO2. The molecule has 0 radical (unpaired) electrons. The number of ether oxygens (including phenoxy) is 1. The molecule has 142 valence electrons. The Balaban J connectivity index is 1.38. The third kappa shape index (κ3) is 3.67. The average molecular weight is 420 g/mol. The zero-order valence-electron chi connectivity index (χ0n) is 16.0. The topological polar surface area (TPSA) is 29.5 Å². The number of rotatable bonds is 6. The lowest BCUT2D eigenvalue weighted by molar-refractivity contribution is -0.137. The first-order valence-corrected chi connectivity index (χ1v) is 10.8. The summed E-state index contributed by atoms with van der Waals surface area (Å²) in [4.78, 5) is 14.9. The first kappa shape index (κ1) is 18.3. The third-order valence-electron chi connectivity index (χ3n) is 6.72. The van der Waals surface area contributed by atoms with Crippen molar-refractivity contribution in [1.29, 1.82) is 0 Å². The maximum Gasteiger partial charge on any atom is 0.223 e. The summed E-state index contributed by atoms with van der Waals surface area (Å²) in [5, 5.41) is 0. The van der Waals surface area contributed by atoms with E-state index in [1.165, 1.54) is 38.5 Å². The van der Waals surface area contributed by atoms with Crippen LogP contribution in [-0.4, -0.2) is 28.8 Å². The second-order valence-corrected chi connectivity index (χ2v) is 10.8. The summed E-state index contributed by atoms with van der Waals surface area (Å²) in [6.45, 7) is 3.34. The fraction of sp³-hybridized carbons (Fsp3) is 0.682. The highest BCUT2D eigenvalue weighted by Crippen LogP contribution is 2.65. The lowest BCUT2D eigenvalue weighted by atomic mass is 9.48. The number of amides is 1. The van der Waals surface area contributed by atoms with Gasteiger partial charge in [0.25, 0.3) is 0 Å². The van der Waals surface area contributed by atoms with E-state index in [9.17, 15) is 4.79 Å². The Bertz CT molecular complexity index is 657. The average Bonchev–Trinajstić information content (AvgIpc) is 2.54. The molecule has 1 aromatic carbocycles. The molecule has 0 heterocycles. The monoisotopic (exact) mass is 419 g/mol. The number of hydrogen-bond donors (Lipinski definition) is 0. The predicted octanol–water partition coefficient (Wildman–Crippen LogP) is 5.17. The van der Waals surface area contributed by atoms with Crippen LogP contribution in [0.5, 0.6) is 5.75 Å². The molecule has 4 fully saturated rings. The van der Waals surface area contributed by atoms with Gasteiger partial charge in [-0.2, -0.15) is 0 Å². The highest BCUT2D eigenvalue weighted by atomic mass is 79.9. The van der Waals surface area contributed by atoms with Gasteiger partial charge >= 0.3 is 0 Å². The molecule has 1 amide bonds. The molecule has 4 heteroatoms. The molecule has 26 heavy (non-hydrogen) atoms. The molecular weight excluding hydrogens is 390 g/mol. The fourth-order valence-electron chi connectivity index (χ4n) is 6.22. The van der Waals surface area contributed by atoms with Crippen molar-refractivity contribution < 1.29 is 9.53 Å². The van der Waals surface area contributed by atoms with Crippen LogP contribution in [0, 0.1) is 17.3 Å². The summed E-state index contributed by atoms with van der Waals surface area (Å²) in [5.74, 6) is 2.86. The van der Waals surface area contributed by atoms with Gasteiger partial charge in [0.1, 0.15) is 5.75 Å². The van der Waals surface area contributed by atoms with Crippen molar-refractivity contribution in [2.45, 2.75) is 62.7 Å². The van der Waals surface area contributed by atoms with Gasteiger partial charge in [0.15, 0.2) is 0 Å². The standard InChI is InChI=1S/C22H30BrNO2/c1-3-26-19-6-4-16(5-7-19)14-24(2)20(25)13-21-9-17-8-18(10-21)12-22(23,11-17)15-21/h4-7,17-18H,3,8-15H2,1-2H3. The molecule has 5 rings (SSSR count). The van der Waals surface area contributed by atoms with Gasteiger partial charge in [-0.05, 0) is 80.4 Å². The summed E-state index contributed by atoms with van der Waals surface area (Å²) in [7, 11) is 1.95. The van der Waals surface area contributed by atoms with Crippen molar-refractivity contribution in [2.75, 3.05) is 13.7 Å². The maximum atomic E-state index is 13.0. The van der Waals surface area contributed by atoms with Gasteiger partial charge in [0.2, 0.25) is 5.91 Å². The van der Waals surface area contributed by atoms with E-state index in [2.05, 4.69) is 28.1 Å². The first-order chi connectivity index (χ1) is 12.4. The van der Waals surface area contributed by atoms with Crippen molar-refractivity contribution >= 4 is 21.8 Å². The van der Waals surface area contributed by atoms with Crippen LogP contribution in [0.3, 0.4) is 0 Å². The van der Waals surface area contributed by atoms with E-state index in [0.717, 1.165) is 29.6 Å². The minimum atomic E-state index is 0.248. The van der Waals surface area contributed by atoms with E-state index < -0.39 is 0 Å². The van der Waals surface area contributed by atoms with Crippen molar-refractivity contribution in [3.8, 4) is 5.75 Å². The molecule has 4 aliphatic carbocycles. The molecule has 4 aliphatic rings. The molecule has 3 nitrogen and oxygen atoms in total. The van der Waals surface area contributed by atoms with Gasteiger partial charge in [-0.25, -0.2) is 0 Å². The van der Waals surface area contributed by atoms with Gasteiger partial charge in [-0.1, -0.05) is 28.1 Å². The van der Waals surface area contributed by atoms with E-state index in [4.69, 9.17) is 4.74 Å². The van der Waals surface area contributed by atoms with Crippen molar-refractivity contribution in [2.24, 2.45) is 17.3 Å². The molecule has 2 unspecified atom stereocenters. The number of benzene rings is 1. The van der Waals surface area contributed by atoms with Gasteiger partial charge in [0.05, 0.1) is 6.61 Å². The van der Waals surface area contributed by atoms with Crippen molar-refractivity contribution in [1.82, 2.24) is 4.90 Å². The van der Waals surface area contributed by atoms with E-state index in [1.807, 2.05) is 31.0 Å². The molecule has 2 atom stereocenters. The second kappa shape index (κ2) is 6.85. The zero-order valence-corrected chi connectivity index (χ0v) is 17.6. The minimum Gasteiger partial charge on any atom is -0.494 e. The third-order valence-corrected chi connectivity index (χ3v) is 7.64. The summed E-state index contributed by atoms with van der Waals surface area (Å²) >= 11 is 4.06. The molecule has 4 saturated carbocycles. The van der Waals surface area contributed by atoms with Crippen LogP contribution in [0.15, 0.2) is 24.3 Å². The van der Waals surface area contributed by atoms with Gasteiger partial charge in [-0.15, -0.1) is 0 Å². The molecule has 1 aromatic rings. The number of alkyl halides is 1. The van der Waals surface area contributed by atoms with Crippen LogP contribution in [0.25, 0.3) is 0 Å². The summed E-state index contributed by atoms with van der Waals surface area (Å²) in [5.41, 5.74) is 1.41. The Kier molecular flexibility index (Phi) is 4.83. The lowest BCUT2D eigenvalue weighted by Gasteiger charge is -2.60. The van der Waals surface area contributed by atoms with Crippen LogP contribution in [-0.2, 0) is 11.3 Å². The van der Waals surface area contributed by atoms with Gasteiger partial charge in [-0.3, -0.25) is 4.79 Å². The smallest absolute Gasteiger partial charge is 0.223 e. The largest absolute Gasteiger partial charge is 0.494 e. The highest BCUT2D eigenvalue weighted by molar-refractivity contribution is 9.10. The summed E-state index contributed by atoms with van der Waals surface area (Å²) < 4.78 is 5.82. The van der Waals surface area contributed by atoms with Crippen LogP contribution in [0.2, 0.25) is 0 Å². The number of carbonyl (C=O) groups excluding carboxylic acids is 1. The van der Waals surface area contributed by atoms with Gasteiger partial charge < -0.3 is 9.64 Å². The molecule has 0 N–H and O–H groups in total. The molecule has 0 aromatic heterocycles. The van der Waals surface area contributed by atoms with Crippen molar-refractivity contribution in [3.05, 3.63) is 29.8 Å². The molecule has 0 spiro atoms. The Morgan fingerprint density at radius 3 is 2.42 bits per heavy atom. The van der Waals surface area contributed by atoms with E-state index in [-0.39, 0.29) is 5.41 Å². The molecule has 0 aliphatic heterocycles. The normalized spacial score (nSPS) is 34.7. The Hall–Kier alpha value is -1.03. The van der Waals surface area contributed by atoms with Crippen LogP contribution in [0.1, 0.15) is 57.4 Å². The predicted molar refractivity (Wildman–Crippen MR) is 107 cm³/mol. The maximum absolute atomic E-state index is 13.0. The molecule has 0 saturated heterocycles. The summed E-state index contributed by atoms with van der Waals surface area (Å²) in [6, 6.07) is 8.11. The quantitative estimate of drug-likeness (QED) is 0.595. The van der Waals surface area contributed by atoms with E-state index in [0.29, 0.717) is 23.4 Å². The number of nitrogens with zero attached hydrogens (tertiary/aromatic N) is 1. The van der Waals surface area contributed by atoms with E-state index >= 15 is 0 Å². The minimum absolute atomic E-state index is 0.248. The van der Waals surface area contributed by atoms with Crippen LogP contribution >= 0.6 is 15.9 Å². The Morgan fingerprint density at radius 1 is 1.19 bits per heavy atom. The Labute approximate surface area is 165 Å². The van der Waals surface area contributed by atoms with Crippen molar-refractivity contribution in [3.63, 3.8) is 0 Å². The first-order valence-electron chi connectivity index (χ1n) is 10.0. The molecule has 4 bridgehead atoms. The Morgan fingerprint density at radius 2 is 1.85 bits per heavy atom. The van der Waals surface area contributed by atoms with E-state index in [1.54, 1.807) is 0 Å². The number of hydrogen-bond acceptors (Lipinski definition) is 2. The summed E-state index contributed by atoms with van der Waals surface area (Å²) in [6.07, 6.45) is 8.48. The zero-order chi connectivity index (χ0) is 18.4. The number of carbonyl (C=O) groups is 1. The van der Waals surface area contributed by atoms with Gasteiger partial charge in [0, 0.05) is 24.3 Å². The second-order valence-electron chi connectivity index (χ2n) is 9.12. The van der Waals surface area contributed by atoms with Crippen LogP contribution in [0.4, 0.5) is 0 Å². The van der Waals surface area contributed by atoms with Crippen LogP contribution < -0.4 is 4.74 Å². The fourth-order valence-corrected chi connectivity index (χ4v) is 7.73. The lowest BCUT2D eigenvalue weighted by Crippen LogP contribution is -2.54. The SMILES string of the molecule is CCOc1ccc(CN(C)C(=O)CC23CC4CC(CC(Br)(C4)C2)C3)cc1.